The van der Waals surface area contributed by atoms with Gasteiger partial charge in [0.05, 0.1) is 0 Å². The molecular formula is C13H12BrN5. The van der Waals surface area contributed by atoms with E-state index in [0.717, 1.165) is 15.7 Å². The van der Waals surface area contributed by atoms with Gasteiger partial charge in [-0.25, -0.2) is 9.97 Å². The third-order valence-electron chi connectivity index (χ3n) is 2.47. The summed E-state index contributed by atoms with van der Waals surface area (Å²) in [5.41, 5.74) is 2.08. The second kappa shape index (κ2) is 5.67. The van der Waals surface area contributed by atoms with Gasteiger partial charge >= 0.3 is 0 Å². The highest BCUT2D eigenvalue weighted by atomic mass is 79.9. The normalized spacial score (nSPS) is 9.79. The van der Waals surface area contributed by atoms with Crippen LogP contribution < -0.4 is 10.6 Å². The zero-order chi connectivity index (χ0) is 13.8. The molecule has 0 aliphatic heterocycles. The smallest absolute Gasteiger partial charge is 0.182 e. The van der Waals surface area contributed by atoms with Crippen LogP contribution in [0.2, 0.25) is 0 Å². The fourth-order valence-corrected chi connectivity index (χ4v) is 1.95. The number of benzene rings is 1. The topological polar surface area (TPSA) is 73.6 Å². The highest BCUT2D eigenvalue weighted by molar-refractivity contribution is 9.10. The Labute approximate surface area is 119 Å². The minimum Gasteiger partial charge on any atom is -0.340 e. The zero-order valence-corrected chi connectivity index (χ0v) is 12.1. The third kappa shape index (κ3) is 3.42. The van der Waals surface area contributed by atoms with Gasteiger partial charge < -0.3 is 5.32 Å². The van der Waals surface area contributed by atoms with Gasteiger partial charge in [0.2, 0.25) is 0 Å². The first-order valence-electron chi connectivity index (χ1n) is 5.62. The van der Waals surface area contributed by atoms with Crippen molar-refractivity contribution in [1.82, 2.24) is 9.97 Å². The highest BCUT2D eigenvalue weighted by Gasteiger charge is 2.03. The van der Waals surface area contributed by atoms with Crippen molar-refractivity contribution >= 4 is 33.3 Å². The van der Waals surface area contributed by atoms with Crippen molar-refractivity contribution in [1.29, 1.82) is 5.26 Å². The van der Waals surface area contributed by atoms with Crippen molar-refractivity contribution in [3.63, 3.8) is 0 Å². The summed E-state index contributed by atoms with van der Waals surface area (Å²) in [6, 6.07) is 7.64. The number of halogens is 1. The summed E-state index contributed by atoms with van der Waals surface area (Å²) >= 11 is 3.49. The Bertz CT molecular complexity index is 648. The van der Waals surface area contributed by atoms with Gasteiger partial charge in [0.25, 0.3) is 0 Å². The molecular weight excluding hydrogens is 306 g/mol. The number of nitrogens with one attached hydrogen (secondary N) is 2. The van der Waals surface area contributed by atoms with Gasteiger partial charge in [0.1, 0.15) is 17.5 Å². The average molecular weight is 318 g/mol. The Morgan fingerprint density at radius 3 is 2.58 bits per heavy atom. The van der Waals surface area contributed by atoms with E-state index in [2.05, 4.69) is 36.5 Å². The molecule has 0 unspecified atom stereocenters. The average Bonchev–Trinajstić information content (AvgIpc) is 2.33. The van der Waals surface area contributed by atoms with Crippen molar-refractivity contribution in [3.05, 3.63) is 40.1 Å². The van der Waals surface area contributed by atoms with Crippen LogP contribution >= 0.6 is 15.9 Å². The molecule has 1 heterocycles. The first kappa shape index (κ1) is 13.3. The highest BCUT2D eigenvalue weighted by Crippen LogP contribution is 2.23. The maximum Gasteiger partial charge on any atom is 0.182 e. The van der Waals surface area contributed by atoms with E-state index in [1.807, 2.05) is 31.3 Å². The van der Waals surface area contributed by atoms with E-state index in [9.17, 15) is 0 Å². The Hall–Kier alpha value is -2.13. The van der Waals surface area contributed by atoms with Crippen molar-refractivity contribution < 1.29 is 0 Å². The minimum absolute atomic E-state index is 0.476. The lowest BCUT2D eigenvalue weighted by Crippen LogP contribution is -2.01. The monoisotopic (exact) mass is 317 g/mol. The van der Waals surface area contributed by atoms with E-state index in [1.54, 1.807) is 13.0 Å². The molecule has 19 heavy (non-hydrogen) atoms. The fourth-order valence-electron chi connectivity index (χ4n) is 1.57. The lowest BCUT2D eigenvalue weighted by Gasteiger charge is -2.09. The largest absolute Gasteiger partial charge is 0.340 e. The fraction of sp³-hybridized carbons (Fsp3) is 0.154. The molecule has 96 valence electrons. The minimum atomic E-state index is 0.476. The summed E-state index contributed by atoms with van der Waals surface area (Å²) in [7, 11) is 0. The molecule has 0 saturated carbocycles. The first-order valence-corrected chi connectivity index (χ1v) is 6.42. The molecule has 1 aromatic heterocycles. The predicted octanol–water partition coefficient (Wildman–Crippen LogP) is 3.49. The summed E-state index contributed by atoms with van der Waals surface area (Å²) in [6.07, 6.45) is 1.84. The Morgan fingerprint density at radius 1 is 1.16 bits per heavy atom. The molecule has 0 bridgehead atoms. The maximum absolute atomic E-state index is 8.61. The van der Waals surface area contributed by atoms with Crippen molar-refractivity contribution in [3.8, 4) is 6.19 Å². The number of hydrogen-bond donors (Lipinski definition) is 2. The standard InChI is InChI=1S/C13H12BrN5/c1-8-3-4-10(5-11(8)14)19-13-6-12(16-7-15)17-9(2)18-13/h3-6H,1-2H3,(H2,16,17,18,19). The molecule has 0 amide bonds. The van der Waals surface area contributed by atoms with Crippen LogP contribution in [0.5, 0.6) is 0 Å². The van der Waals surface area contributed by atoms with E-state index in [-0.39, 0.29) is 0 Å². The van der Waals surface area contributed by atoms with Crippen LogP contribution in [-0.2, 0) is 0 Å². The van der Waals surface area contributed by atoms with Crippen LogP contribution in [0.25, 0.3) is 0 Å². The van der Waals surface area contributed by atoms with E-state index >= 15 is 0 Å². The zero-order valence-electron chi connectivity index (χ0n) is 10.5. The van der Waals surface area contributed by atoms with Crippen LogP contribution in [0.15, 0.2) is 28.7 Å². The van der Waals surface area contributed by atoms with Gasteiger partial charge in [-0.15, -0.1) is 0 Å². The lowest BCUT2D eigenvalue weighted by atomic mass is 10.2. The molecule has 2 rings (SSSR count). The number of aryl methyl sites for hydroxylation is 2. The number of nitrogens with zero attached hydrogens (tertiary/aromatic N) is 3. The first-order chi connectivity index (χ1) is 9.08. The van der Waals surface area contributed by atoms with Gasteiger partial charge in [-0.2, -0.15) is 5.26 Å². The molecule has 5 nitrogen and oxygen atoms in total. The number of hydrogen-bond acceptors (Lipinski definition) is 5. The Balaban J connectivity index is 2.27. The van der Waals surface area contributed by atoms with Crippen LogP contribution in [0.1, 0.15) is 11.4 Å². The molecule has 0 atom stereocenters. The summed E-state index contributed by atoms with van der Waals surface area (Å²) < 4.78 is 1.03. The molecule has 0 spiro atoms. The Kier molecular flexibility index (Phi) is 3.97. The predicted molar refractivity (Wildman–Crippen MR) is 78.2 cm³/mol. The summed E-state index contributed by atoms with van der Waals surface area (Å²) in [5, 5.41) is 14.3. The second-order valence-electron chi connectivity index (χ2n) is 4.01. The van der Waals surface area contributed by atoms with Crippen LogP contribution in [0, 0.1) is 25.3 Å². The molecule has 1 aromatic carbocycles. The van der Waals surface area contributed by atoms with E-state index in [0.29, 0.717) is 17.5 Å². The molecule has 2 aromatic rings. The summed E-state index contributed by atoms with van der Waals surface area (Å²) in [6.45, 7) is 3.80. The number of anilines is 3. The van der Waals surface area contributed by atoms with E-state index in [1.165, 1.54) is 0 Å². The van der Waals surface area contributed by atoms with Crippen molar-refractivity contribution in [2.24, 2.45) is 0 Å². The van der Waals surface area contributed by atoms with E-state index < -0.39 is 0 Å². The second-order valence-corrected chi connectivity index (χ2v) is 4.87. The molecule has 0 radical (unpaired) electrons. The lowest BCUT2D eigenvalue weighted by molar-refractivity contribution is 1.06. The maximum atomic E-state index is 8.61. The third-order valence-corrected chi connectivity index (χ3v) is 3.32. The van der Waals surface area contributed by atoms with Crippen molar-refractivity contribution in [2.45, 2.75) is 13.8 Å². The Morgan fingerprint density at radius 2 is 1.89 bits per heavy atom. The molecule has 6 heteroatoms. The molecule has 0 fully saturated rings. The molecule has 0 aliphatic carbocycles. The van der Waals surface area contributed by atoms with Crippen LogP contribution in [0.3, 0.4) is 0 Å². The quantitative estimate of drug-likeness (QED) is 0.669. The van der Waals surface area contributed by atoms with Gasteiger partial charge in [-0.3, -0.25) is 5.32 Å². The van der Waals surface area contributed by atoms with E-state index in [4.69, 9.17) is 5.26 Å². The van der Waals surface area contributed by atoms with Gasteiger partial charge in [-0.1, -0.05) is 22.0 Å². The number of rotatable bonds is 3. The number of aromatic nitrogens is 2. The van der Waals surface area contributed by atoms with Crippen LogP contribution in [-0.4, -0.2) is 9.97 Å². The molecule has 2 N–H and O–H groups in total. The summed E-state index contributed by atoms with van der Waals surface area (Å²) in [4.78, 5) is 8.38. The SMILES string of the molecule is Cc1nc(NC#N)cc(Nc2ccc(C)c(Br)c2)n1. The van der Waals surface area contributed by atoms with Gasteiger partial charge in [0, 0.05) is 16.2 Å². The van der Waals surface area contributed by atoms with Crippen molar-refractivity contribution in [2.75, 3.05) is 10.6 Å². The molecule has 0 saturated heterocycles. The number of nitriles is 1. The van der Waals surface area contributed by atoms with Gasteiger partial charge in [-0.05, 0) is 31.5 Å². The van der Waals surface area contributed by atoms with Crippen LogP contribution in [0.4, 0.5) is 17.3 Å². The molecule has 0 aliphatic rings. The van der Waals surface area contributed by atoms with Gasteiger partial charge in [0.15, 0.2) is 6.19 Å². The summed E-state index contributed by atoms with van der Waals surface area (Å²) in [5.74, 6) is 1.71.